The monoisotopic (exact) mass is 532 g/mol. The summed E-state index contributed by atoms with van der Waals surface area (Å²) in [6, 6.07) is 2.38. The van der Waals surface area contributed by atoms with Crippen LogP contribution < -0.4 is 0 Å². The Bertz CT molecular complexity index is 1050. The third-order valence-corrected chi connectivity index (χ3v) is 15.4. The van der Waals surface area contributed by atoms with Gasteiger partial charge in [0.25, 0.3) is 0 Å². The molecule has 5 heterocycles. The highest BCUT2D eigenvalue weighted by Gasteiger charge is 2.76. The van der Waals surface area contributed by atoms with Crippen LogP contribution in [0.4, 0.5) is 0 Å². The average molecular weight is 533 g/mol. The van der Waals surface area contributed by atoms with Gasteiger partial charge in [-0.25, -0.2) is 0 Å². The lowest BCUT2D eigenvalue weighted by molar-refractivity contribution is -0.0611. The molecule has 3 nitrogen and oxygen atoms in total. The van der Waals surface area contributed by atoms with E-state index in [1.54, 1.807) is 0 Å². The molecule has 0 aromatic heterocycles. The van der Waals surface area contributed by atoms with Crippen LogP contribution in [0.2, 0.25) is 0 Å². The van der Waals surface area contributed by atoms with E-state index in [-0.39, 0.29) is 0 Å². The molecule has 39 heavy (non-hydrogen) atoms. The summed E-state index contributed by atoms with van der Waals surface area (Å²) in [5.74, 6) is 8.66. The third-order valence-electron chi connectivity index (χ3n) is 15.4. The van der Waals surface area contributed by atoms with Gasteiger partial charge in [0.05, 0.1) is 12.2 Å². The Labute approximate surface area is 238 Å². The lowest BCUT2D eigenvalue weighted by atomic mass is 9.68. The molecule has 3 saturated carbocycles. The second kappa shape index (κ2) is 8.59. The quantitative estimate of drug-likeness (QED) is 0.351. The van der Waals surface area contributed by atoms with Crippen molar-refractivity contribution in [2.24, 2.45) is 59.2 Å². The van der Waals surface area contributed by atoms with Crippen LogP contribution in [0.15, 0.2) is 11.1 Å². The van der Waals surface area contributed by atoms with E-state index >= 15 is 0 Å². The summed E-state index contributed by atoms with van der Waals surface area (Å²) in [5.41, 5.74) is 4.39. The van der Waals surface area contributed by atoms with E-state index in [0.717, 1.165) is 77.3 Å². The van der Waals surface area contributed by atoms with E-state index in [1.807, 2.05) is 11.1 Å². The van der Waals surface area contributed by atoms with Gasteiger partial charge in [0.2, 0.25) is 0 Å². The zero-order valence-electron chi connectivity index (χ0n) is 25.7. The van der Waals surface area contributed by atoms with Crippen LogP contribution in [-0.2, 0) is 4.74 Å². The van der Waals surface area contributed by atoms with Gasteiger partial charge in [-0.2, -0.15) is 0 Å². The second-order valence-corrected chi connectivity index (χ2v) is 16.8. The van der Waals surface area contributed by atoms with Crippen molar-refractivity contribution < 1.29 is 4.74 Å². The summed E-state index contributed by atoms with van der Waals surface area (Å²) in [4.78, 5) is 6.32. The Morgan fingerprint density at radius 1 is 0.923 bits per heavy atom. The summed E-state index contributed by atoms with van der Waals surface area (Å²) >= 11 is 0. The summed E-state index contributed by atoms with van der Waals surface area (Å²) in [5, 5.41) is 0. The Morgan fingerprint density at radius 3 is 2.64 bits per heavy atom. The molecule has 4 saturated heterocycles. The molecule has 7 fully saturated rings. The van der Waals surface area contributed by atoms with Crippen molar-refractivity contribution in [2.45, 2.75) is 141 Å². The van der Waals surface area contributed by atoms with Gasteiger partial charge in [0.1, 0.15) is 0 Å². The molecule has 3 heteroatoms. The van der Waals surface area contributed by atoms with E-state index < -0.39 is 0 Å². The van der Waals surface area contributed by atoms with Gasteiger partial charge in [-0.1, -0.05) is 51.7 Å². The lowest BCUT2D eigenvalue weighted by Crippen LogP contribution is -2.50. The molecule has 2 bridgehead atoms. The SMILES string of the molecule is CCC1CCC2=C(C1C)C1[C@@H](C3C4CC5CC(C)CC6OC(CC56)[C@H]4C4CCCCN43)C1(C)N1CCC(C)C21. The van der Waals surface area contributed by atoms with Gasteiger partial charge < -0.3 is 4.74 Å². The Morgan fingerprint density at radius 2 is 1.79 bits per heavy atom. The highest BCUT2D eigenvalue weighted by Crippen LogP contribution is 2.72. The first kappa shape index (κ1) is 25.1. The Kier molecular flexibility index (Phi) is 5.54. The van der Waals surface area contributed by atoms with Crippen molar-refractivity contribution in [1.29, 1.82) is 0 Å². The van der Waals surface area contributed by atoms with Crippen molar-refractivity contribution in [1.82, 2.24) is 9.80 Å². The van der Waals surface area contributed by atoms with Crippen LogP contribution in [-0.4, -0.2) is 58.8 Å². The molecule has 9 rings (SSSR count). The minimum atomic E-state index is 0.411. The van der Waals surface area contributed by atoms with Gasteiger partial charge in [0, 0.05) is 41.4 Å². The second-order valence-electron chi connectivity index (χ2n) is 16.8. The molecular formula is C36H56N2O. The molecule has 0 amide bonds. The molecule has 0 N–H and O–H groups in total. The molecule has 0 aromatic carbocycles. The number of hydrogen-bond acceptors (Lipinski definition) is 3. The third kappa shape index (κ3) is 3.17. The van der Waals surface area contributed by atoms with Crippen molar-refractivity contribution in [3.63, 3.8) is 0 Å². The van der Waals surface area contributed by atoms with Gasteiger partial charge in [0.15, 0.2) is 0 Å². The Balaban J connectivity index is 1.14. The van der Waals surface area contributed by atoms with Crippen LogP contribution in [0.1, 0.15) is 105 Å². The summed E-state index contributed by atoms with van der Waals surface area (Å²) in [6.07, 6.45) is 16.9. The highest BCUT2D eigenvalue weighted by molar-refractivity contribution is 5.46. The smallest absolute Gasteiger partial charge is 0.0629 e. The Hall–Kier alpha value is -0.380. The maximum atomic E-state index is 7.13. The number of ether oxygens (including phenoxy) is 1. The largest absolute Gasteiger partial charge is 0.374 e. The lowest BCUT2D eigenvalue weighted by Gasteiger charge is -2.46. The summed E-state index contributed by atoms with van der Waals surface area (Å²) in [6.45, 7) is 15.8. The topological polar surface area (TPSA) is 15.7 Å². The maximum Gasteiger partial charge on any atom is 0.0629 e. The molecule has 14 unspecified atom stereocenters. The fraction of sp³-hybridized carbons (Fsp3) is 0.944. The first-order valence-corrected chi connectivity index (χ1v) is 17.8. The van der Waals surface area contributed by atoms with Crippen LogP contribution >= 0.6 is 0 Å². The number of hydrogen-bond donors (Lipinski definition) is 0. The zero-order chi connectivity index (χ0) is 26.4. The maximum absolute atomic E-state index is 7.13. The van der Waals surface area contributed by atoms with Crippen LogP contribution in [0.5, 0.6) is 0 Å². The predicted octanol–water partition coefficient (Wildman–Crippen LogP) is 7.16. The van der Waals surface area contributed by atoms with E-state index in [1.165, 1.54) is 83.7 Å². The van der Waals surface area contributed by atoms with Crippen LogP contribution in [0, 0.1) is 59.2 Å². The van der Waals surface area contributed by atoms with E-state index in [9.17, 15) is 0 Å². The fourth-order valence-corrected chi connectivity index (χ4v) is 14.0. The molecule has 0 aromatic rings. The molecule has 0 spiro atoms. The summed E-state index contributed by atoms with van der Waals surface area (Å²) in [7, 11) is 0. The zero-order valence-corrected chi connectivity index (χ0v) is 25.7. The first-order chi connectivity index (χ1) is 18.9. The van der Waals surface area contributed by atoms with E-state index in [4.69, 9.17) is 4.74 Å². The average Bonchev–Trinajstić information content (AvgIpc) is 3.21. The minimum absolute atomic E-state index is 0.411. The van der Waals surface area contributed by atoms with Crippen molar-refractivity contribution in [2.75, 3.05) is 13.1 Å². The summed E-state index contributed by atoms with van der Waals surface area (Å²) < 4.78 is 7.13. The predicted molar refractivity (Wildman–Crippen MR) is 157 cm³/mol. The van der Waals surface area contributed by atoms with Gasteiger partial charge in [-0.15, -0.1) is 0 Å². The molecule has 16 atom stereocenters. The number of fused-ring (bicyclic) bond motifs is 10. The van der Waals surface area contributed by atoms with Crippen LogP contribution in [0.25, 0.3) is 0 Å². The van der Waals surface area contributed by atoms with Crippen LogP contribution in [0.3, 0.4) is 0 Å². The van der Waals surface area contributed by atoms with E-state index in [2.05, 4.69) is 44.4 Å². The fourth-order valence-electron chi connectivity index (χ4n) is 14.0. The molecule has 5 aliphatic heterocycles. The standard InChI is InChI=1S/C36H56N2O/c1-6-22-10-11-24-30(21(22)4)32-33(36(32,5)38-14-12-20(3)34(24)38)35-26-17-23-15-19(2)16-28-25(23)18-29(39-28)31(26)27-9-7-8-13-37(27)35/h19-23,25-29,31-35H,6-18H2,1-5H3/t19?,20?,21?,22?,23?,25?,26?,27?,28?,29?,31-,32?,33+,34?,35?,36?/m1/s1. The molecule has 0 radical (unpaired) electrons. The minimum Gasteiger partial charge on any atom is -0.374 e. The first-order valence-electron chi connectivity index (χ1n) is 17.8. The molecule has 216 valence electrons. The van der Waals surface area contributed by atoms with Crippen molar-refractivity contribution in [3.8, 4) is 0 Å². The number of nitrogens with zero attached hydrogens (tertiary/aromatic N) is 2. The molecule has 4 aliphatic carbocycles. The number of rotatable bonds is 2. The van der Waals surface area contributed by atoms with Crippen molar-refractivity contribution >= 4 is 0 Å². The van der Waals surface area contributed by atoms with E-state index in [0.29, 0.717) is 17.7 Å². The molecular weight excluding hydrogens is 476 g/mol. The normalized spacial score (nSPS) is 59.8. The van der Waals surface area contributed by atoms with Gasteiger partial charge in [-0.05, 0) is 119 Å². The molecule has 9 aliphatic rings. The highest BCUT2D eigenvalue weighted by atomic mass is 16.5. The number of piperidine rings is 1. The van der Waals surface area contributed by atoms with Gasteiger partial charge >= 0.3 is 0 Å². The van der Waals surface area contributed by atoms with Gasteiger partial charge in [-0.3, -0.25) is 9.80 Å². The van der Waals surface area contributed by atoms with Crippen molar-refractivity contribution in [3.05, 3.63) is 11.1 Å².